The number of hydrogen-bond donors (Lipinski definition) is 1. The second-order valence-corrected chi connectivity index (χ2v) is 9.12. The molecule has 0 saturated heterocycles. The van der Waals surface area contributed by atoms with Crippen LogP contribution in [0.15, 0.2) is 10.7 Å². The topological polar surface area (TPSA) is 76.4 Å². The van der Waals surface area contributed by atoms with Gasteiger partial charge in [-0.2, -0.15) is 0 Å². The van der Waals surface area contributed by atoms with Crippen LogP contribution in [0.1, 0.15) is 47.4 Å². The maximum atomic E-state index is 12.5. The third-order valence-electron chi connectivity index (χ3n) is 5.01. The van der Waals surface area contributed by atoms with Crippen LogP contribution in [0.4, 0.5) is 0 Å². The lowest BCUT2D eigenvalue weighted by atomic mass is 10.0. The summed E-state index contributed by atoms with van der Waals surface area (Å²) in [5, 5.41) is -0.394. The van der Waals surface area contributed by atoms with Crippen LogP contribution in [-0.4, -0.2) is 19.6 Å². The average molecular weight is 327 g/mol. The number of thioether (sulfide) groups is 1. The Labute approximate surface area is 127 Å². The first-order chi connectivity index (χ1) is 10.0. The van der Waals surface area contributed by atoms with Gasteiger partial charge in [-0.25, -0.2) is 13.1 Å². The minimum Gasteiger partial charge on any atom is -0.467 e. The standard InChI is InChI=1S/C14H17NO4S2/c16-14(10-5-19-12-7-20-6-11(10)12)15-21(17,18)13-4-8-1-2-9(13)3-8/h5,8-9,13H,1-4,6-7H2,(H,15,16)/t8-,9+,13?/m1/s1. The van der Waals surface area contributed by atoms with Crippen molar-refractivity contribution in [3.8, 4) is 0 Å². The number of furan rings is 1. The Hall–Kier alpha value is -0.950. The van der Waals surface area contributed by atoms with Crippen molar-refractivity contribution in [1.82, 2.24) is 4.72 Å². The molecule has 2 heterocycles. The van der Waals surface area contributed by atoms with Gasteiger partial charge < -0.3 is 4.42 Å². The predicted octanol–water partition coefficient (Wildman–Crippen LogP) is 2.27. The first-order valence-electron chi connectivity index (χ1n) is 7.27. The summed E-state index contributed by atoms with van der Waals surface area (Å²) < 4.78 is 32.5. The summed E-state index contributed by atoms with van der Waals surface area (Å²) in [5.74, 6) is 2.48. The van der Waals surface area contributed by atoms with Crippen molar-refractivity contribution in [3.63, 3.8) is 0 Å². The predicted molar refractivity (Wildman–Crippen MR) is 79.3 cm³/mol. The van der Waals surface area contributed by atoms with Crippen LogP contribution in [0.3, 0.4) is 0 Å². The zero-order valence-electron chi connectivity index (χ0n) is 11.5. The van der Waals surface area contributed by atoms with Crippen LogP contribution in [0.5, 0.6) is 0 Å². The molecule has 1 aromatic rings. The van der Waals surface area contributed by atoms with E-state index in [-0.39, 0.29) is 5.92 Å². The zero-order valence-corrected chi connectivity index (χ0v) is 13.1. The van der Waals surface area contributed by atoms with Gasteiger partial charge in [0.1, 0.15) is 12.0 Å². The van der Waals surface area contributed by atoms with E-state index in [0.717, 1.165) is 36.3 Å². The van der Waals surface area contributed by atoms with Crippen molar-refractivity contribution < 1.29 is 17.6 Å². The van der Waals surface area contributed by atoms with E-state index >= 15 is 0 Å². The molecule has 3 atom stereocenters. The van der Waals surface area contributed by atoms with Crippen LogP contribution in [0.25, 0.3) is 0 Å². The van der Waals surface area contributed by atoms with Crippen LogP contribution in [0, 0.1) is 11.8 Å². The highest BCUT2D eigenvalue weighted by Gasteiger charge is 2.46. The van der Waals surface area contributed by atoms with Crippen LogP contribution in [0.2, 0.25) is 0 Å². The second kappa shape index (κ2) is 4.78. The molecule has 0 radical (unpaired) electrons. The lowest BCUT2D eigenvalue weighted by Gasteiger charge is -2.21. The van der Waals surface area contributed by atoms with E-state index in [0.29, 0.717) is 23.7 Å². The Kier molecular flexibility index (Phi) is 3.11. The Morgan fingerprint density at radius 3 is 2.86 bits per heavy atom. The first-order valence-corrected chi connectivity index (χ1v) is 9.97. The lowest BCUT2D eigenvalue weighted by Crippen LogP contribution is -2.40. The van der Waals surface area contributed by atoms with Crippen LogP contribution in [-0.2, 0) is 21.5 Å². The Balaban J connectivity index is 1.53. The van der Waals surface area contributed by atoms with Gasteiger partial charge in [0.25, 0.3) is 5.91 Å². The van der Waals surface area contributed by atoms with Gasteiger partial charge in [-0.15, -0.1) is 11.8 Å². The summed E-state index contributed by atoms with van der Waals surface area (Å²) in [6.07, 6.45) is 5.19. The Morgan fingerprint density at radius 2 is 2.14 bits per heavy atom. The van der Waals surface area contributed by atoms with Gasteiger partial charge in [0, 0.05) is 11.3 Å². The van der Waals surface area contributed by atoms with Gasteiger partial charge in [-0.05, 0) is 31.1 Å². The third-order valence-corrected chi connectivity index (χ3v) is 7.82. The summed E-state index contributed by atoms with van der Waals surface area (Å²) in [4.78, 5) is 12.3. The van der Waals surface area contributed by atoms with E-state index in [4.69, 9.17) is 4.42 Å². The molecule has 1 aromatic heterocycles. The van der Waals surface area contributed by atoms with E-state index in [1.54, 1.807) is 11.8 Å². The zero-order chi connectivity index (χ0) is 14.6. The van der Waals surface area contributed by atoms with Crippen LogP contribution < -0.4 is 4.72 Å². The monoisotopic (exact) mass is 327 g/mol. The van der Waals surface area contributed by atoms with Crippen molar-refractivity contribution in [2.75, 3.05) is 0 Å². The smallest absolute Gasteiger partial charge is 0.268 e. The maximum Gasteiger partial charge on any atom is 0.268 e. The normalized spacial score (nSPS) is 30.6. The average Bonchev–Trinajstić information content (AvgIpc) is 3.18. The largest absolute Gasteiger partial charge is 0.467 e. The number of amides is 1. The molecule has 2 fully saturated rings. The van der Waals surface area contributed by atoms with E-state index in [1.807, 2.05) is 0 Å². The number of fused-ring (bicyclic) bond motifs is 3. The molecular weight excluding hydrogens is 310 g/mol. The van der Waals surface area contributed by atoms with Gasteiger partial charge in [-0.1, -0.05) is 6.42 Å². The molecule has 114 valence electrons. The second-order valence-electron chi connectivity index (χ2n) is 6.23. The molecule has 5 nitrogen and oxygen atoms in total. The van der Waals surface area contributed by atoms with E-state index in [1.165, 1.54) is 6.26 Å². The molecule has 1 N–H and O–H groups in total. The van der Waals surface area contributed by atoms with E-state index in [2.05, 4.69) is 4.72 Å². The third kappa shape index (κ3) is 2.21. The minimum atomic E-state index is -3.58. The molecule has 7 heteroatoms. The van der Waals surface area contributed by atoms with Crippen molar-refractivity contribution in [1.29, 1.82) is 0 Å². The lowest BCUT2D eigenvalue weighted by molar-refractivity contribution is 0.0979. The SMILES string of the molecule is O=C(NS(=O)(=O)C1C[C@@H]2CC[C@H]1C2)c1coc2c1CSC2. The number of nitrogens with one attached hydrogen (secondary N) is 1. The number of hydrogen-bond acceptors (Lipinski definition) is 5. The summed E-state index contributed by atoms with van der Waals surface area (Å²) in [5.41, 5.74) is 1.22. The Morgan fingerprint density at radius 1 is 1.29 bits per heavy atom. The molecule has 0 spiro atoms. The number of carbonyl (C=O) groups excluding carboxylic acids is 1. The maximum absolute atomic E-state index is 12.5. The minimum absolute atomic E-state index is 0.228. The van der Waals surface area contributed by atoms with Gasteiger partial charge in [-0.3, -0.25) is 4.79 Å². The van der Waals surface area contributed by atoms with Crippen molar-refractivity contribution in [2.45, 2.75) is 42.4 Å². The van der Waals surface area contributed by atoms with Crippen molar-refractivity contribution >= 4 is 27.7 Å². The highest BCUT2D eigenvalue weighted by Crippen LogP contribution is 2.47. The highest BCUT2D eigenvalue weighted by molar-refractivity contribution is 7.98. The van der Waals surface area contributed by atoms with Gasteiger partial charge in [0.05, 0.1) is 16.6 Å². The summed E-state index contributed by atoms with van der Waals surface area (Å²) >= 11 is 1.67. The molecule has 1 aliphatic heterocycles. The Bertz CT molecular complexity index is 694. The summed E-state index contributed by atoms with van der Waals surface area (Å²) in [6.45, 7) is 0. The number of carbonyl (C=O) groups is 1. The molecule has 2 aliphatic carbocycles. The van der Waals surface area contributed by atoms with E-state index in [9.17, 15) is 13.2 Å². The van der Waals surface area contributed by atoms with Gasteiger partial charge in [0.15, 0.2) is 0 Å². The number of rotatable bonds is 3. The molecule has 4 rings (SSSR count). The fourth-order valence-electron chi connectivity index (χ4n) is 3.96. The fraction of sp³-hybridized carbons (Fsp3) is 0.643. The van der Waals surface area contributed by atoms with Gasteiger partial charge >= 0.3 is 0 Å². The highest BCUT2D eigenvalue weighted by atomic mass is 32.2. The molecule has 2 saturated carbocycles. The van der Waals surface area contributed by atoms with E-state index < -0.39 is 21.2 Å². The molecule has 1 unspecified atom stereocenters. The van der Waals surface area contributed by atoms with Crippen molar-refractivity contribution in [2.24, 2.45) is 11.8 Å². The number of sulfonamides is 1. The van der Waals surface area contributed by atoms with Crippen LogP contribution >= 0.6 is 11.8 Å². The molecule has 3 aliphatic rings. The molecule has 21 heavy (non-hydrogen) atoms. The molecule has 0 aromatic carbocycles. The quantitative estimate of drug-likeness (QED) is 0.921. The fourth-order valence-corrected chi connectivity index (χ4v) is 6.81. The van der Waals surface area contributed by atoms with Crippen molar-refractivity contribution in [3.05, 3.63) is 23.2 Å². The molecule has 2 bridgehead atoms. The summed E-state index contributed by atoms with van der Waals surface area (Å²) in [6, 6.07) is 0. The van der Waals surface area contributed by atoms with Gasteiger partial charge in [0.2, 0.25) is 10.0 Å². The summed E-state index contributed by atoms with van der Waals surface area (Å²) in [7, 11) is -3.58. The molecular formula is C14H17NO4S2. The first kappa shape index (κ1) is 13.7. The molecule has 1 amide bonds.